The van der Waals surface area contributed by atoms with Crippen LogP contribution in [0.15, 0.2) is 35.1 Å². The Bertz CT molecular complexity index is 784. The van der Waals surface area contributed by atoms with Gasteiger partial charge in [0.2, 0.25) is 11.9 Å². The predicted molar refractivity (Wildman–Crippen MR) is 92.7 cm³/mol. The van der Waals surface area contributed by atoms with Crippen LogP contribution in [-0.4, -0.2) is 22.0 Å². The Morgan fingerprint density at radius 2 is 1.96 bits per heavy atom. The van der Waals surface area contributed by atoms with Crippen LogP contribution in [0.25, 0.3) is 0 Å². The summed E-state index contributed by atoms with van der Waals surface area (Å²) in [4.78, 5) is 29.0. The molecule has 0 bridgehead atoms. The number of nitrogens with zero attached hydrogens (tertiary/aromatic N) is 2. The van der Waals surface area contributed by atoms with Crippen LogP contribution >= 0.6 is 0 Å². The molecular formula is C18H22N4O2. The lowest BCUT2D eigenvalue weighted by molar-refractivity contribution is -0.121. The molecule has 1 amide bonds. The van der Waals surface area contributed by atoms with E-state index in [1.807, 2.05) is 30.3 Å². The van der Waals surface area contributed by atoms with Crippen molar-refractivity contribution in [1.29, 1.82) is 0 Å². The Balaban J connectivity index is 1.63. The normalized spacial score (nSPS) is 13.3. The number of rotatable bonds is 5. The van der Waals surface area contributed by atoms with Crippen molar-refractivity contribution in [2.24, 2.45) is 0 Å². The molecule has 0 radical (unpaired) electrons. The summed E-state index contributed by atoms with van der Waals surface area (Å²) in [6.07, 6.45) is 4.27. The van der Waals surface area contributed by atoms with E-state index in [0.29, 0.717) is 12.1 Å². The minimum Gasteiger partial charge on any atom is -0.369 e. The topological polar surface area (TPSA) is 90.0 Å². The number of fused-ring (bicyclic) bond motifs is 1. The highest BCUT2D eigenvalue weighted by Crippen LogP contribution is 2.17. The van der Waals surface area contributed by atoms with Crippen molar-refractivity contribution in [2.75, 3.05) is 12.3 Å². The van der Waals surface area contributed by atoms with Crippen molar-refractivity contribution >= 4 is 11.9 Å². The van der Waals surface area contributed by atoms with Crippen LogP contribution in [0.4, 0.5) is 5.95 Å². The fourth-order valence-electron chi connectivity index (χ4n) is 3.05. The first-order valence-electron chi connectivity index (χ1n) is 8.34. The molecule has 1 heterocycles. The largest absolute Gasteiger partial charge is 0.369 e. The van der Waals surface area contributed by atoms with E-state index in [0.717, 1.165) is 43.4 Å². The van der Waals surface area contributed by atoms with Crippen LogP contribution in [0.5, 0.6) is 0 Å². The number of nitrogens with two attached hydrogens (primary N) is 1. The SMILES string of the molecule is Nc1nc2c(c(=O)n1CC(=O)NCCc1ccccc1)CCCC2. The standard InChI is InChI=1S/C18H22N4O2/c19-18-21-15-9-5-4-8-14(15)17(24)22(18)12-16(23)20-11-10-13-6-2-1-3-7-13/h1-3,6-7H,4-5,8-12H2,(H2,19,21)(H,20,23). The van der Waals surface area contributed by atoms with E-state index in [-0.39, 0.29) is 24.0 Å². The number of anilines is 1. The van der Waals surface area contributed by atoms with Crippen molar-refractivity contribution in [3.05, 3.63) is 57.5 Å². The maximum absolute atomic E-state index is 12.5. The number of aromatic nitrogens is 2. The number of nitrogens with one attached hydrogen (secondary N) is 1. The number of carbonyl (C=O) groups is 1. The fourth-order valence-corrected chi connectivity index (χ4v) is 3.05. The number of hydrogen-bond acceptors (Lipinski definition) is 4. The molecule has 3 N–H and O–H groups in total. The molecule has 126 valence electrons. The molecule has 1 aromatic heterocycles. The number of carbonyl (C=O) groups excluding carboxylic acids is 1. The summed E-state index contributed by atoms with van der Waals surface area (Å²) in [5.74, 6) is -0.101. The van der Waals surface area contributed by atoms with Crippen LogP contribution in [0.3, 0.4) is 0 Å². The van der Waals surface area contributed by atoms with Gasteiger partial charge in [-0.25, -0.2) is 4.98 Å². The van der Waals surface area contributed by atoms with Gasteiger partial charge in [-0.05, 0) is 37.7 Å². The minimum atomic E-state index is -0.225. The van der Waals surface area contributed by atoms with Crippen molar-refractivity contribution in [3.8, 4) is 0 Å². The van der Waals surface area contributed by atoms with E-state index in [2.05, 4.69) is 10.3 Å². The molecule has 0 saturated carbocycles. The molecule has 0 aliphatic heterocycles. The maximum Gasteiger partial charge on any atom is 0.258 e. The quantitative estimate of drug-likeness (QED) is 0.860. The van der Waals surface area contributed by atoms with Crippen molar-refractivity contribution in [3.63, 3.8) is 0 Å². The Morgan fingerprint density at radius 1 is 1.21 bits per heavy atom. The van der Waals surface area contributed by atoms with E-state index in [9.17, 15) is 9.59 Å². The second-order valence-corrected chi connectivity index (χ2v) is 6.08. The van der Waals surface area contributed by atoms with E-state index in [1.165, 1.54) is 4.57 Å². The smallest absolute Gasteiger partial charge is 0.258 e. The van der Waals surface area contributed by atoms with Gasteiger partial charge in [-0.3, -0.25) is 14.2 Å². The Kier molecular flexibility index (Phi) is 4.93. The summed E-state index contributed by atoms with van der Waals surface area (Å²) in [6, 6.07) is 9.93. The lowest BCUT2D eigenvalue weighted by atomic mass is 9.97. The molecule has 6 heteroatoms. The monoisotopic (exact) mass is 326 g/mol. The Morgan fingerprint density at radius 3 is 2.75 bits per heavy atom. The second kappa shape index (κ2) is 7.29. The highest BCUT2D eigenvalue weighted by Gasteiger charge is 2.19. The fraction of sp³-hybridized carbons (Fsp3) is 0.389. The minimum absolute atomic E-state index is 0.0836. The average Bonchev–Trinajstić information content (AvgIpc) is 2.59. The van der Waals surface area contributed by atoms with Crippen LogP contribution in [0, 0.1) is 0 Å². The Hall–Kier alpha value is -2.63. The lowest BCUT2D eigenvalue weighted by Gasteiger charge is -2.17. The molecule has 1 aliphatic carbocycles. The summed E-state index contributed by atoms with van der Waals surface area (Å²) in [5.41, 5.74) is 8.38. The van der Waals surface area contributed by atoms with Gasteiger partial charge in [-0.2, -0.15) is 0 Å². The number of aryl methyl sites for hydroxylation is 1. The van der Waals surface area contributed by atoms with Crippen LogP contribution in [0.1, 0.15) is 29.7 Å². The summed E-state index contributed by atoms with van der Waals surface area (Å²) >= 11 is 0. The van der Waals surface area contributed by atoms with E-state index in [1.54, 1.807) is 0 Å². The predicted octanol–water partition coefficient (Wildman–Crippen LogP) is 1.06. The zero-order chi connectivity index (χ0) is 16.9. The number of nitrogen functional groups attached to an aromatic ring is 1. The molecule has 6 nitrogen and oxygen atoms in total. The van der Waals surface area contributed by atoms with E-state index in [4.69, 9.17) is 5.73 Å². The molecule has 0 atom stereocenters. The third-order valence-corrected chi connectivity index (χ3v) is 4.35. The molecule has 0 saturated heterocycles. The number of amides is 1. The summed E-state index contributed by atoms with van der Waals surface area (Å²) < 4.78 is 1.28. The highest BCUT2D eigenvalue weighted by molar-refractivity contribution is 5.76. The van der Waals surface area contributed by atoms with E-state index >= 15 is 0 Å². The summed E-state index contributed by atoms with van der Waals surface area (Å²) in [6.45, 7) is 0.440. The van der Waals surface area contributed by atoms with Gasteiger partial charge in [0.1, 0.15) is 6.54 Å². The van der Waals surface area contributed by atoms with Gasteiger partial charge in [0.25, 0.3) is 5.56 Å². The Labute approximate surface area is 140 Å². The van der Waals surface area contributed by atoms with Crippen LogP contribution in [0.2, 0.25) is 0 Å². The molecular weight excluding hydrogens is 304 g/mol. The summed E-state index contributed by atoms with van der Waals surface area (Å²) in [7, 11) is 0. The highest BCUT2D eigenvalue weighted by atomic mass is 16.2. The van der Waals surface area contributed by atoms with Crippen LogP contribution < -0.4 is 16.6 Å². The first-order valence-corrected chi connectivity index (χ1v) is 8.34. The molecule has 0 spiro atoms. The number of benzene rings is 1. The lowest BCUT2D eigenvalue weighted by Crippen LogP contribution is -2.37. The first-order chi connectivity index (χ1) is 11.6. The van der Waals surface area contributed by atoms with Crippen molar-refractivity contribution < 1.29 is 4.79 Å². The molecule has 1 aliphatic rings. The molecule has 2 aromatic rings. The van der Waals surface area contributed by atoms with Gasteiger partial charge in [0.15, 0.2) is 0 Å². The van der Waals surface area contributed by atoms with Gasteiger partial charge < -0.3 is 11.1 Å². The second-order valence-electron chi connectivity index (χ2n) is 6.08. The van der Waals surface area contributed by atoms with E-state index < -0.39 is 0 Å². The van der Waals surface area contributed by atoms with Gasteiger partial charge in [0.05, 0.1) is 5.69 Å². The molecule has 0 unspecified atom stereocenters. The third-order valence-electron chi connectivity index (χ3n) is 4.35. The first kappa shape index (κ1) is 16.2. The van der Waals surface area contributed by atoms with Gasteiger partial charge in [0, 0.05) is 12.1 Å². The molecule has 1 aromatic carbocycles. The average molecular weight is 326 g/mol. The van der Waals surface area contributed by atoms with Crippen molar-refractivity contribution in [2.45, 2.75) is 38.6 Å². The maximum atomic E-state index is 12.5. The molecule has 3 rings (SSSR count). The molecule has 0 fully saturated rings. The zero-order valence-electron chi connectivity index (χ0n) is 13.6. The van der Waals surface area contributed by atoms with Gasteiger partial charge in [-0.1, -0.05) is 30.3 Å². The molecule has 24 heavy (non-hydrogen) atoms. The summed E-state index contributed by atoms with van der Waals surface area (Å²) in [5, 5.41) is 2.83. The van der Waals surface area contributed by atoms with Gasteiger partial charge in [-0.15, -0.1) is 0 Å². The van der Waals surface area contributed by atoms with Crippen molar-refractivity contribution in [1.82, 2.24) is 14.9 Å². The third kappa shape index (κ3) is 3.64. The van der Waals surface area contributed by atoms with Crippen LogP contribution in [-0.2, 0) is 30.6 Å². The number of hydrogen-bond donors (Lipinski definition) is 2. The zero-order valence-corrected chi connectivity index (χ0v) is 13.6. The van der Waals surface area contributed by atoms with Gasteiger partial charge >= 0.3 is 0 Å².